The number of amides is 1. The van der Waals surface area contributed by atoms with E-state index in [2.05, 4.69) is 9.97 Å². The number of benzene rings is 1. The zero-order valence-electron chi connectivity index (χ0n) is 16.6. The van der Waals surface area contributed by atoms with Gasteiger partial charge in [0.05, 0.1) is 31.5 Å². The summed E-state index contributed by atoms with van der Waals surface area (Å²) in [6.45, 7) is 0. The summed E-state index contributed by atoms with van der Waals surface area (Å²) >= 11 is 0. The van der Waals surface area contributed by atoms with E-state index in [1.807, 2.05) is 35.9 Å². The van der Waals surface area contributed by atoms with Crippen LogP contribution in [0.1, 0.15) is 12.2 Å². The van der Waals surface area contributed by atoms with Crippen LogP contribution in [-0.4, -0.2) is 49.3 Å². The molecule has 0 spiro atoms. The zero-order valence-corrected chi connectivity index (χ0v) is 17.4. The molecule has 154 valence electrons. The molecule has 0 aliphatic heterocycles. The van der Waals surface area contributed by atoms with Crippen LogP contribution in [0.4, 0.5) is 5.69 Å². The SMILES string of the molecule is COc1ccc(N(C(=O)CCc2nc3ccccc3n2C)S(C)(=O)=O)c(OC)n1. The van der Waals surface area contributed by atoms with Gasteiger partial charge in [-0.3, -0.25) is 4.79 Å². The second-order valence-electron chi connectivity index (χ2n) is 6.38. The number of carbonyl (C=O) groups is 1. The maximum absolute atomic E-state index is 12.9. The molecule has 9 nitrogen and oxygen atoms in total. The molecule has 0 saturated heterocycles. The van der Waals surface area contributed by atoms with Gasteiger partial charge in [-0.1, -0.05) is 12.1 Å². The first-order valence-electron chi connectivity index (χ1n) is 8.78. The minimum absolute atomic E-state index is 0.0224. The minimum atomic E-state index is -3.91. The van der Waals surface area contributed by atoms with Crippen LogP contribution in [0.5, 0.6) is 11.8 Å². The van der Waals surface area contributed by atoms with Crippen molar-refractivity contribution in [1.82, 2.24) is 14.5 Å². The van der Waals surface area contributed by atoms with Gasteiger partial charge in [-0.2, -0.15) is 4.98 Å². The Morgan fingerprint density at radius 2 is 1.83 bits per heavy atom. The van der Waals surface area contributed by atoms with Crippen LogP contribution in [0.25, 0.3) is 11.0 Å². The Bertz CT molecular complexity index is 1160. The molecule has 10 heteroatoms. The van der Waals surface area contributed by atoms with Crippen LogP contribution in [0.15, 0.2) is 36.4 Å². The topological polar surface area (TPSA) is 104 Å². The highest BCUT2D eigenvalue weighted by Crippen LogP contribution is 2.31. The van der Waals surface area contributed by atoms with Gasteiger partial charge in [0.1, 0.15) is 11.5 Å². The Hall–Kier alpha value is -3.14. The molecule has 0 unspecified atom stereocenters. The maximum Gasteiger partial charge on any atom is 0.242 e. The Labute approximate surface area is 168 Å². The fraction of sp³-hybridized carbons (Fsp3) is 0.316. The summed E-state index contributed by atoms with van der Waals surface area (Å²) < 4.78 is 37.6. The number of pyridine rings is 1. The first-order valence-corrected chi connectivity index (χ1v) is 10.6. The Kier molecular flexibility index (Phi) is 5.73. The molecule has 0 fully saturated rings. The Balaban J connectivity index is 1.90. The van der Waals surface area contributed by atoms with Crippen LogP contribution < -0.4 is 13.8 Å². The molecule has 0 aliphatic rings. The van der Waals surface area contributed by atoms with E-state index in [4.69, 9.17) is 9.47 Å². The number of hydrogen-bond donors (Lipinski definition) is 0. The summed E-state index contributed by atoms with van der Waals surface area (Å²) in [7, 11) is 0.720. The van der Waals surface area contributed by atoms with E-state index < -0.39 is 15.9 Å². The summed E-state index contributed by atoms with van der Waals surface area (Å²) in [4.78, 5) is 21.5. The van der Waals surface area contributed by atoms with Crippen molar-refractivity contribution < 1.29 is 22.7 Å². The highest BCUT2D eigenvalue weighted by molar-refractivity contribution is 7.92. The van der Waals surface area contributed by atoms with Gasteiger partial charge in [0.2, 0.25) is 27.7 Å². The first kappa shape index (κ1) is 20.6. The van der Waals surface area contributed by atoms with Crippen molar-refractivity contribution in [3.8, 4) is 11.8 Å². The molecular formula is C19H22N4O5S. The van der Waals surface area contributed by atoms with Crippen LogP contribution in [0.3, 0.4) is 0 Å². The maximum atomic E-state index is 12.9. The van der Waals surface area contributed by atoms with Crippen molar-refractivity contribution >= 4 is 32.7 Å². The number of nitrogens with zero attached hydrogens (tertiary/aromatic N) is 4. The first-order chi connectivity index (χ1) is 13.8. The normalized spacial score (nSPS) is 11.4. The lowest BCUT2D eigenvalue weighted by molar-refractivity contribution is -0.117. The van der Waals surface area contributed by atoms with Crippen LogP contribution in [0.2, 0.25) is 0 Å². The number of fused-ring (bicyclic) bond motifs is 1. The van der Waals surface area contributed by atoms with Gasteiger partial charge < -0.3 is 14.0 Å². The average Bonchev–Trinajstić information content (AvgIpc) is 3.01. The van der Waals surface area contributed by atoms with Gasteiger partial charge in [0.15, 0.2) is 0 Å². The van der Waals surface area contributed by atoms with Gasteiger partial charge in [0, 0.05) is 26.0 Å². The summed E-state index contributed by atoms with van der Waals surface area (Å²) in [5.41, 5.74) is 1.79. The lowest BCUT2D eigenvalue weighted by atomic mass is 10.2. The predicted molar refractivity (Wildman–Crippen MR) is 109 cm³/mol. The second kappa shape index (κ2) is 8.08. The lowest BCUT2D eigenvalue weighted by Crippen LogP contribution is -2.36. The average molecular weight is 418 g/mol. The van der Waals surface area contributed by atoms with Crippen molar-refractivity contribution in [3.63, 3.8) is 0 Å². The van der Waals surface area contributed by atoms with Gasteiger partial charge in [0.25, 0.3) is 0 Å². The van der Waals surface area contributed by atoms with E-state index >= 15 is 0 Å². The fourth-order valence-electron chi connectivity index (χ4n) is 3.07. The van der Waals surface area contributed by atoms with E-state index in [9.17, 15) is 13.2 Å². The predicted octanol–water partition coefficient (Wildman–Crippen LogP) is 1.91. The van der Waals surface area contributed by atoms with Gasteiger partial charge in [-0.15, -0.1) is 0 Å². The number of para-hydroxylation sites is 2. The van der Waals surface area contributed by atoms with Crippen molar-refractivity contribution in [2.24, 2.45) is 7.05 Å². The quantitative estimate of drug-likeness (QED) is 0.577. The number of anilines is 1. The van der Waals surface area contributed by atoms with Crippen molar-refractivity contribution in [2.45, 2.75) is 12.8 Å². The van der Waals surface area contributed by atoms with E-state index in [0.717, 1.165) is 17.3 Å². The number of imidazole rings is 1. The number of hydrogen-bond acceptors (Lipinski definition) is 7. The van der Waals surface area contributed by atoms with Gasteiger partial charge >= 0.3 is 0 Å². The van der Waals surface area contributed by atoms with Crippen molar-refractivity contribution in [1.29, 1.82) is 0 Å². The molecule has 0 aliphatic carbocycles. The molecule has 0 saturated carbocycles. The van der Waals surface area contributed by atoms with E-state index in [1.54, 1.807) is 0 Å². The second-order valence-corrected chi connectivity index (χ2v) is 8.21. The van der Waals surface area contributed by atoms with Gasteiger partial charge in [-0.25, -0.2) is 17.7 Å². The number of ether oxygens (including phenoxy) is 2. The van der Waals surface area contributed by atoms with Crippen molar-refractivity contribution in [2.75, 3.05) is 24.8 Å². The molecule has 0 radical (unpaired) electrons. The highest BCUT2D eigenvalue weighted by atomic mass is 32.2. The largest absolute Gasteiger partial charge is 0.481 e. The molecular weight excluding hydrogens is 396 g/mol. The molecule has 0 atom stereocenters. The molecule has 29 heavy (non-hydrogen) atoms. The number of sulfonamides is 1. The molecule has 1 amide bonds. The highest BCUT2D eigenvalue weighted by Gasteiger charge is 2.29. The molecule has 1 aromatic carbocycles. The minimum Gasteiger partial charge on any atom is -0.481 e. The van der Waals surface area contributed by atoms with E-state index in [0.29, 0.717) is 10.1 Å². The summed E-state index contributed by atoms with van der Waals surface area (Å²) in [6.07, 6.45) is 1.19. The van der Waals surface area contributed by atoms with Crippen LogP contribution in [-0.2, 0) is 28.3 Å². The molecule has 0 bridgehead atoms. The van der Waals surface area contributed by atoms with E-state index in [1.165, 1.54) is 26.4 Å². The third kappa shape index (κ3) is 4.16. The van der Waals surface area contributed by atoms with Crippen LogP contribution in [0, 0.1) is 0 Å². The Morgan fingerprint density at radius 1 is 1.10 bits per heavy atom. The number of methoxy groups -OCH3 is 2. The molecule has 2 aromatic heterocycles. The van der Waals surface area contributed by atoms with Crippen molar-refractivity contribution in [3.05, 3.63) is 42.2 Å². The standard InChI is InChI=1S/C19H22N4O5S/c1-22-14-8-6-5-7-13(14)20-16(22)10-12-18(24)23(29(4,25)26)15-9-11-17(27-2)21-19(15)28-3/h5-9,11H,10,12H2,1-4H3. The molecule has 3 rings (SSSR count). The summed E-state index contributed by atoms with van der Waals surface area (Å²) in [5.74, 6) is 0.301. The Morgan fingerprint density at radius 3 is 2.45 bits per heavy atom. The summed E-state index contributed by atoms with van der Waals surface area (Å²) in [5, 5.41) is 0. The fourth-order valence-corrected chi connectivity index (χ4v) is 4.03. The number of carbonyl (C=O) groups excluding carboxylic acids is 1. The van der Waals surface area contributed by atoms with Gasteiger partial charge in [-0.05, 0) is 18.2 Å². The molecule has 0 N–H and O–H groups in total. The number of rotatable bonds is 7. The zero-order chi connectivity index (χ0) is 21.2. The number of aromatic nitrogens is 3. The molecule has 3 aromatic rings. The smallest absolute Gasteiger partial charge is 0.242 e. The molecule has 2 heterocycles. The third-order valence-electron chi connectivity index (χ3n) is 4.44. The summed E-state index contributed by atoms with van der Waals surface area (Å²) in [6, 6.07) is 10.5. The lowest BCUT2D eigenvalue weighted by Gasteiger charge is -2.22. The van der Waals surface area contributed by atoms with Crippen LogP contribution >= 0.6 is 0 Å². The monoisotopic (exact) mass is 418 g/mol. The van der Waals surface area contributed by atoms with E-state index in [-0.39, 0.29) is 30.3 Å². The number of aryl methyl sites for hydroxylation is 2. The third-order valence-corrected chi connectivity index (χ3v) is 5.50.